The Kier molecular flexibility index (Phi) is 4.39. The summed E-state index contributed by atoms with van der Waals surface area (Å²) in [7, 11) is 2.00. The third-order valence-corrected chi connectivity index (χ3v) is 4.24. The van der Waals surface area contributed by atoms with E-state index in [2.05, 4.69) is 25.0 Å². The molecule has 0 bridgehead atoms. The summed E-state index contributed by atoms with van der Waals surface area (Å²) in [5, 5.41) is 10.3. The second kappa shape index (κ2) is 5.94. The molecular weight excluding hydrogens is 278 g/mol. The first-order valence-electron chi connectivity index (χ1n) is 7.22. The standard InChI is InChI=1S/C17H23N3O2/c1-5-17(2,3)15-12(10-13(19-22)16(18)21)11-8-6-7-9-14(11)20(15)4/h5-9,13,19,22H,1,10H2,2-4H3,(H2,18,21). The molecule has 2 rings (SSSR count). The molecule has 1 atom stereocenters. The zero-order chi connectivity index (χ0) is 16.5. The van der Waals surface area contributed by atoms with Gasteiger partial charge in [0, 0.05) is 35.5 Å². The number of carbonyl (C=O) groups is 1. The predicted octanol–water partition coefficient (Wildman–Crippen LogP) is 2.02. The van der Waals surface area contributed by atoms with E-state index in [1.807, 2.05) is 42.9 Å². The number of aryl methyl sites for hydroxylation is 1. The third kappa shape index (κ3) is 2.65. The summed E-state index contributed by atoms with van der Waals surface area (Å²) in [5.74, 6) is -0.585. The molecule has 0 aliphatic rings. The number of carbonyl (C=O) groups excluding carboxylic acids is 1. The Labute approximate surface area is 130 Å². The quantitative estimate of drug-likeness (QED) is 0.564. The van der Waals surface area contributed by atoms with Crippen LogP contribution in [0, 0.1) is 0 Å². The summed E-state index contributed by atoms with van der Waals surface area (Å²) in [4.78, 5) is 11.5. The number of hydroxylamine groups is 1. The number of aromatic nitrogens is 1. The van der Waals surface area contributed by atoms with Crippen molar-refractivity contribution in [2.24, 2.45) is 12.8 Å². The van der Waals surface area contributed by atoms with Gasteiger partial charge in [0.05, 0.1) is 0 Å². The van der Waals surface area contributed by atoms with Crippen LogP contribution in [0.15, 0.2) is 36.9 Å². The van der Waals surface area contributed by atoms with E-state index in [0.717, 1.165) is 22.2 Å². The van der Waals surface area contributed by atoms with Crippen molar-refractivity contribution in [2.75, 3.05) is 0 Å². The van der Waals surface area contributed by atoms with Crippen molar-refractivity contribution in [1.82, 2.24) is 10.0 Å². The van der Waals surface area contributed by atoms with E-state index in [1.54, 1.807) is 0 Å². The minimum Gasteiger partial charge on any atom is -0.368 e. The largest absolute Gasteiger partial charge is 0.368 e. The lowest BCUT2D eigenvalue weighted by Crippen LogP contribution is -2.41. The van der Waals surface area contributed by atoms with Gasteiger partial charge in [-0.1, -0.05) is 38.1 Å². The molecule has 0 fully saturated rings. The van der Waals surface area contributed by atoms with E-state index < -0.39 is 11.9 Å². The molecule has 1 aromatic heterocycles. The van der Waals surface area contributed by atoms with Crippen molar-refractivity contribution in [2.45, 2.75) is 31.7 Å². The number of amides is 1. The van der Waals surface area contributed by atoms with Crippen molar-refractivity contribution in [3.05, 3.63) is 48.2 Å². The number of nitrogens with two attached hydrogens (primary N) is 1. The van der Waals surface area contributed by atoms with Crippen LogP contribution in [0.5, 0.6) is 0 Å². The van der Waals surface area contributed by atoms with E-state index in [0.29, 0.717) is 6.42 Å². The first kappa shape index (κ1) is 16.3. The van der Waals surface area contributed by atoms with Gasteiger partial charge in [0.15, 0.2) is 0 Å². The predicted molar refractivity (Wildman–Crippen MR) is 87.8 cm³/mol. The summed E-state index contributed by atoms with van der Waals surface area (Å²) < 4.78 is 2.11. The summed E-state index contributed by atoms with van der Waals surface area (Å²) in [6.45, 7) is 8.07. The molecule has 1 unspecified atom stereocenters. The number of para-hydroxylation sites is 1. The fraction of sp³-hybridized carbons (Fsp3) is 0.353. The Morgan fingerprint density at radius 3 is 2.68 bits per heavy atom. The maximum Gasteiger partial charge on any atom is 0.237 e. The summed E-state index contributed by atoms with van der Waals surface area (Å²) in [5.41, 5.74) is 10.2. The molecule has 0 radical (unpaired) electrons. The molecule has 0 saturated carbocycles. The highest BCUT2D eigenvalue weighted by Crippen LogP contribution is 2.35. The Bertz CT molecular complexity index is 716. The summed E-state index contributed by atoms with van der Waals surface area (Å²) >= 11 is 0. The SMILES string of the molecule is C=CC(C)(C)c1c(CC(NO)C(N)=O)c2ccccc2n1C. The highest BCUT2D eigenvalue weighted by molar-refractivity contribution is 5.88. The van der Waals surface area contributed by atoms with Crippen LogP contribution >= 0.6 is 0 Å². The Morgan fingerprint density at radius 2 is 2.14 bits per heavy atom. The fourth-order valence-electron chi connectivity index (χ4n) is 3.01. The van der Waals surface area contributed by atoms with Crippen LogP contribution in [-0.2, 0) is 23.7 Å². The van der Waals surface area contributed by atoms with Crippen molar-refractivity contribution < 1.29 is 10.0 Å². The molecule has 22 heavy (non-hydrogen) atoms. The monoisotopic (exact) mass is 301 g/mol. The zero-order valence-corrected chi connectivity index (χ0v) is 13.3. The van der Waals surface area contributed by atoms with Crippen LogP contribution in [0.4, 0.5) is 0 Å². The topological polar surface area (TPSA) is 80.3 Å². The Morgan fingerprint density at radius 1 is 1.50 bits per heavy atom. The van der Waals surface area contributed by atoms with E-state index >= 15 is 0 Å². The molecule has 0 spiro atoms. The van der Waals surface area contributed by atoms with Gasteiger partial charge >= 0.3 is 0 Å². The van der Waals surface area contributed by atoms with Crippen LogP contribution in [0.25, 0.3) is 10.9 Å². The normalized spacial score (nSPS) is 13.3. The van der Waals surface area contributed by atoms with Crippen molar-refractivity contribution in [3.63, 3.8) is 0 Å². The minimum atomic E-state index is -0.829. The van der Waals surface area contributed by atoms with E-state index in [4.69, 9.17) is 5.73 Å². The number of primary amides is 1. The van der Waals surface area contributed by atoms with Crippen molar-refractivity contribution in [1.29, 1.82) is 0 Å². The number of rotatable bonds is 6. The first-order valence-corrected chi connectivity index (χ1v) is 7.22. The summed E-state index contributed by atoms with van der Waals surface area (Å²) in [6.07, 6.45) is 2.20. The lowest BCUT2D eigenvalue weighted by atomic mass is 9.84. The highest BCUT2D eigenvalue weighted by Gasteiger charge is 2.29. The third-order valence-electron chi connectivity index (χ3n) is 4.24. The number of hydrogen-bond acceptors (Lipinski definition) is 3. The molecule has 5 nitrogen and oxygen atoms in total. The zero-order valence-electron chi connectivity index (χ0n) is 13.3. The van der Waals surface area contributed by atoms with Gasteiger partial charge in [0.1, 0.15) is 6.04 Å². The number of fused-ring (bicyclic) bond motifs is 1. The Balaban J connectivity index is 2.72. The van der Waals surface area contributed by atoms with Crippen LogP contribution < -0.4 is 11.2 Å². The fourth-order valence-corrected chi connectivity index (χ4v) is 3.01. The lowest BCUT2D eigenvalue weighted by molar-refractivity contribution is -0.122. The van der Waals surface area contributed by atoms with Crippen molar-refractivity contribution >= 4 is 16.8 Å². The summed E-state index contributed by atoms with van der Waals surface area (Å²) in [6, 6.07) is 7.16. The molecule has 0 aliphatic heterocycles. The second-order valence-electron chi connectivity index (χ2n) is 6.12. The van der Waals surface area contributed by atoms with Crippen LogP contribution in [0.3, 0.4) is 0 Å². The molecule has 0 saturated heterocycles. The van der Waals surface area contributed by atoms with Gasteiger partial charge in [-0.05, 0) is 11.6 Å². The van der Waals surface area contributed by atoms with Gasteiger partial charge in [0.2, 0.25) is 5.91 Å². The van der Waals surface area contributed by atoms with E-state index in [-0.39, 0.29) is 5.41 Å². The van der Waals surface area contributed by atoms with E-state index in [1.165, 1.54) is 0 Å². The van der Waals surface area contributed by atoms with Gasteiger partial charge in [-0.3, -0.25) is 4.79 Å². The smallest absolute Gasteiger partial charge is 0.237 e. The number of nitrogens with zero attached hydrogens (tertiary/aromatic N) is 1. The second-order valence-corrected chi connectivity index (χ2v) is 6.12. The van der Waals surface area contributed by atoms with Gasteiger partial charge in [-0.15, -0.1) is 6.58 Å². The van der Waals surface area contributed by atoms with Gasteiger partial charge in [-0.2, -0.15) is 5.48 Å². The van der Waals surface area contributed by atoms with Crippen molar-refractivity contribution in [3.8, 4) is 0 Å². The molecular formula is C17H23N3O2. The molecule has 1 amide bonds. The molecule has 2 aromatic rings. The van der Waals surface area contributed by atoms with Gasteiger partial charge in [0.25, 0.3) is 0 Å². The lowest BCUT2D eigenvalue weighted by Gasteiger charge is -2.24. The molecule has 5 heteroatoms. The number of hydrogen-bond donors (Lipinski definition) is 3. The van der Waals surface area contributed by atoms with Crippen LogP contribution in [0.1, 0.15) is 25.1 Å². The van der Waals surface area contributed by atoms with Gasteiger partial charge < -0.3 is 15.5 Å². The van der Waals surface area contributed by atoms with Crippen LogP contribution in [-0.4, -0.2) is 21.7 Å². The minimum absolute atomic E-state index is 0.277. The first-order chi connectivity index (χ1) is 10.3. The number of benzene rings is 1. The Hall–Kier alpha value is -2.11. The number of allylic oxidation sites excluding steroid dienone is 1. The maximum absolute atomic E-state index is 11.5. The molecule has 1 heterocycles. The average molecular weight is 301 g/mol. The highest BCUT2D eigenvalue weighted by atomic mass is 16.5. The number of nitrogens with one attached hydrogen (secondary N) is 1. The average Bonchev–Trinajstić information content (AvgIpc) is 2.78. The van der Waals surface area contributed by atoms with Gasteiger partial charge in [-0.25, -0.2) is 0 Å². The molecule has 4 N–H and O–H groups in total. The molecule has 0 aliphatic carbocycles. The van der Waals surface area contributed by atoms with E-state index in [9.17, 15) is 10.0 Å². The van der Waals surface area contributed by atoms with Crippen LogP contribution in [0.2, 0.25) is 0 Å². The molecule has 118 valence electrons. The molecule has 1 aromatic carbocycles. The maximum atomic E-state index is 11.5.